The number of benzene rings is 1. The van der Waals surface area contributed by atoms with E-state index >= 15 is 0 Å². The Morgan fingerprint density at radius 3 is 3.00 bits per heavy atom. The lowest BCUT2D eigenvalue weighted by molar-refractivity contribution is 0.251. The lowest BCUT2D eigenvalue weighted by Crippen LogP contribution is -2.34. The summed E-state index contributed by atoms with van der Waals surface area (Å²) >= 11 is 0. The van der Waals surface area contributed by atoms with Gasteiger partial charge in [0.05, 0.1) is 13.2 Å². The van der Waals surface area contributed by atoms with Gasteiger partial charge >= 0.3 is 0 Å². The van der Waals surface area contributed by atoms with Crippen LogP contribution in [0.15, 0.2) is 18.2 Å². The van der Waals surface area contributed by atoms with E-state index < -0.39 is 0 Å². The van der Waals surface area contributed by atoms with E-state index in [1.54, 1.807) is 0 Å². The van der Waals surface area contributed by atoms with Gasteiger partial charge in [-0.3, -0.25) is 0 Å². The summed E-state index contributed by atoms with van der Waals surface area (Å²) in [5.41, 5.74) is 3.57. The maximum absolute atomic E-state index is 8.96. The summed E-state index contributed by atoms with van der Waals surface area (Å²) in [7, 11) is 0. The van der Waals surface area contributed by atoms with Crippen LogP contribution in [0.25, 0.3) is 0 Å². The van der Waals surface area contributed by atoms with E-state index in [9.17, 15) is 0 Å². The van der Waals surface area contributed by atoms with Crippen LogP contribution in [0.1, 0.15) is 37.3 Å². The number of hydrogen-bond acceptors (Lipinski definition) is 3. The van der Waals surface area contributed by atoms with E-state index in [1.165, 1.54) is 30.4 Å². The minimum Gasteiger partial charge on any atom is -0.493 e. The molecule has 1 aliphatic heterocycles. The highest BCUT2D eigenvalue weighted by Gasteiger charge is 2.59. The van der Waals surface area contributed by atoms with Crippen molar-refractivity contribution in [3.63, 3.8) is 0 Å². The summed E-state index contributed by atoms with van der Waals surface area (Å²) in [5.74, 6) is 1.74. The number of fused-ring (bicyclic) bond motifs is 3. The molecule has 20 heavy (non-hydrogen) atoms. The Kier molecular flexibility index (Phi) is 2.67. The highest BCUT2D eigenvalue weighted by Crippen LogP contribution is 2.60. The molecule has 2 atom stereocenters. The number of aliphatic hydroxyl groups is 1. The first-order valence-electron chi connectivity index (χ1n) is 7.77. The fraction of sp³-hybridized carbons (Fsp3) is 0.647. The molecule has 2 fully saturated rings. The Morgan fingerprint density at radius 1 is 1.40 bits per heavy atom. The van der Waals surface area contributed by atoms with E-state index in [2.05, 4.69) is 30.4 Å². The largest absolute Gasteiger partial charge is 0.493 e. The minimum absolute atomic E-state index is 0.211. The van der Waals surface area contributed by atoms with Crippen molar-refractivity contribution in [3.8, 4) is 5.75 Å². The zero-order valence-electron chi connectivity index (χ0n) is 12.1. The lowest BCUT2D eigenvalue weighted by atomic mass is 9.86. The first kappa shape index (κ1) is 12.7. The Hall–Kier alpha value is -1.06. The summed E-state index contributed by atoms with van der Waals surface area (Å²) in [4.78, 5) is 0. The zero-order chi connectivity index (χ0) is 13.8. The van der Waals surface area contributed by atoms with Gasteiger partial charge in [-0.2, -0.15) is 0 Å². The van der Waals surface area contributed by atoms with Crippen molar-refractivity contribution in [1.82, 2.24) is 5.32 Å². The highest BCUT2D eigenvalue weighted by molar-refractivity contribution is 5.51. The average molecular weight is 273 g/mol. The smallest absolute Gasteiger partial charge is 0.123 e. The summed E-state index contributed by atoms with van der Waals surface area (Å²) < 4.78 is 5.92. The lowest BCUT2D eigenvalue weighted by Gasteiger charge is -2.28. The van der Waals surface area contributed by atoms with Crippen molar-refractivity contribution in [1.29, 1.82) is 0 Å². The molecule has 0 spiro atoms. The molecule has 2 N–H and O–H groups in total. The fourth-order valence-corrected chi connectivity index (χ4v) is 3.72. The Balaban J connectivity index is 1.66. The van der Waals surface area contributed by atoms with E-state index in [-0.39, 0.29) is 12.0 Å². The number of aliphatic hydroxyl groups excluding tert-OH is 1. The normalized spacial score (nSPS) is 32.0. The molecule has 3 aliphatic rings. The van der Waals surface area contributed by atoms with Crippen LogP contribution in [0.2, 0.25) is 0 Å². The molecule has 0 amide bonds. The number of nitrogens with one attached hydrogen (secondary N) is 1. The van der Waals surface area contributed by atoms with Gasteiger partial charge in [-0.05, 0) is 36.3 Å². The maximum atomic E-state index is 8.96. The molecule has 108 valence electrons. The second kappa shape index (κ2) is 4.22. The Morgan fingerprint density at radius 2 is 2.25 bits per heavy atom. The summed E-state index contributed by atoms with van der Waals surface area (Å²) in [6.45, 7) is 5.07. The molecule has 0 saturated heterocycles. The van der Waals surface area contributed by atoms with Gasteiger partial charge in [0.1, 0.15) is 5.75 Å². The zero-order valence-corrected chi connectivity index (χ0v) is 12.1. The molecular formula is C17H23NO2. The average Bonchev–Trinajstić information content (AvgIpc) is 3.35. The fourth-order valence-electron chi connectivity index (χ4n) is 3.72. The highest BCUT2D eigenvalue weighted by atomic mass is 16.5. The second-order valence-corrected chi connectivity index (χ2v) is 7.04. The summed E-state index contributed by atoms with van der Waals surface area (Å²) in [5, 5.41) is 12.4. The Labute approximate surface area is 120 Å². The molecule has 2 aliphatic carbocycles. The van der Waals surface area contributed by atoms with Crippen molar-refractivity contribution in [2.75, 3.05) is 26.3 Å². The third-order valence-corrected chi connectivity index (χ3v) is 5.61. The molecule has 1 aromatic carbocycles. The predicted molar refractivity (Wildman–Crippen MR) is 78.3 cm³/mol. The van der Waals surface area contributed by atoms with Crippen molar-refractivity contribution < 1.29 is 9.84 Å². The SMILES string of the molecule is CC1(c2ccc3c(c2)C2(CNCCO)CC2CO3)CC1. The molecule has 3 nitrogen and oxygen atoms in total. The molecular weight excluding hydrogens is 250 g/mol. The van der Waals surface area contributed by atoms with Gasteiger partial charge in [-0.1, -0.05) is 19.1 Å². The van der Waals surface area contributed by atoms with Crippen LogP contribution in [-0.4, -0.2) is 31.4 Å². The number of hydrogen-bond donors (Lipinski definition) is 2. The molecule has 1 heterocycles. The van der Waals surface area contributed by atoms with Gasteiger partial charge in [-0.15, -0.1) is 0 Å². The van der Waals surface area contributed by atoms with Crippen LogP contribution in [0, 0.1) is 5.92 Å². The number of ether oxygens (including phenoxy) is 1. The van der Waals surface area contributed by atoms with Crippen LogP contribution >= 0.6 is 0 Å². The summed E-state index contributed by atoms with van der Waals surface area (Å²) in [6, 6.07) is 6.84. The molecule has 4 rings (SSSR count). The monoisotopic (exact) mass is 273 g/mol. The molecule has 2 unspecified atom stereocenters. The molecule has 0 aromatic heterocycles. The first-order chi connectivity index (χ1) is 9.68. The van der Waals surface area contributed by atoms with Crippen LogP contribution in [0.3, 0.4) is 0 Å². The van der Waals surface area contributed by atoms with Crippen molar-refractivity contribution in [2.45, 2.75) is 37.0 Å². The van der Waals surface area contributed by atoms with Gasteiger partial charge in [0.15, 0.2) is 0 Å². The van der Waals surface area contributed by atoms with Gasteiger partial charge < -0.3 is 15.2 Å². The molecule has 0 radical (unpaired) electrons. The standard InChI is InChI=1S/C17H23NO2/c1-16(4-5-16)12-2-3-15-14(8-12)17(11-18-6-7-19)9-13(17)10-20-15/h2-3,8,13,18-19H,4-7,9-11H2,1H3. The molecule has 0 bridgehead atoms. The van der Waals surface area contributed by atoms with Crippen molar-refractivity contribution in [2.24, 2.45) is 5.92 Å². The van der Waals surface area contributed by atoms with Crippen LogP contribution in [0.4, 0.5) is 0 Å². The van der Waals surface area contributed by atoms with Gasteiger partial charge in [0.2, 0.25) is 0 Å². The van der Waals surface area contributed by atoms with Gasteiger partial charge in [0, 0.05) is 30.0 Å². The van der Waals surface area contributed by atoms with Crippen LogP contribution < -0.4 is 10.1 Å². The topological polar surface area (TPSA) is 41.5 Å². The molecule has 3 heteroatoms. The third kappa shape index (κ3) is 1.80. The van der Waals surface area contributed by atoms with Crippen LogP contribution in [-0.2, 0) is 10.8 Å². The molecule has 2 saturated carbocycles. The Bertz CT molecular complexity index is 538. The number of rotatable bonds is 5. The minimum atomic E-state index is 0.211. The van der Waals surface area contributed by atoms with E-state index in [4.69, 9.17) is 9.84 Å². The van der Waals surface area contributed by atoms with Gasteiger partial charge in [-0.25, -0.2) is 0 Å². The van der Waals surface area contributed by atoms with Crippen molar-refractivity contribution >= 4 is 0 Å². The second-order valence-electron chi connectivity index (χ2n) is 7.04. The van der Waals surface area contributed by atoms with E-state index in [1.807, 2.05) is 0 Å². The third-order valence-electron chi connectivity index (χ3n) is 5.61. The first-order valence-corrected chi connectivity index (χ1v) is 7.77. The van der Waals surface area contributed by atoms with Crippen LogP contribution in [0.5, 0.6) is 5.75 Å². The maximum Gasteiger partial charge on any atom is 0.123 e. The molecule has 1 aromatic rings. The van der Waals surface area contributed by atoms with E-state index in [0.717, 1.165) is 18.9 Å². The predicted octanol–water partition coefficient (Wildman–Crippen LogP) is 1.97. The van der Waals surface area contributed by atoms with Crippen molar-refractivity contribution in [3.05, 3.63) is 29.3 Å². The van der Waals surface area contributed by atoms with E-state index in [0.29, 0.717) is 17.9 Å². The van der Waals surface area contributed by atoms with Gasteiger partial charge in [0.25, 0.3) is 0 Å². The quantitative estimate of drug-likeness (QED) is 0.806. The summed E-state index contributed by atoms with van der Waals surface area (Å²) in [6.07, 6.45) is 3.84.